The summed E-state index contributed by atoms with van der Waals surface area (Å²) < 4.78 is 4.83. The summed E-state index contributed by atoms with van der Waals surface area (Å²) in [4.78, 5) is 33.6. The largest absolute Gasteiger partial charge is 0.332 e. The van der Waals surface area contributed by atoms with E-state index in [9.17, 15) is 9.59 Å². The van der Waals surface area contributed by atoms with Crippen molar-refractivity contribution >= 4 is 34.4 Å². The van der Waals surface area contributed by atoms with Crippen LogP contribution in [0.25, 0.3) is 11.2 Å². The van der Waals surface area contributed by atoms with Gasteiger partial charge in [-0.05, 0) is 48.9 Å². The monoisotopic (exact) mass is 477 g/mol. The van der Waals surface area contributed by atoms with Crippen LogP contribution in [-0.4, -0.2) is 25.2 Å². The van der Waals surface area contributed by atoms with Gasteiger partial charge in [0.2, 0.25) is 5.95 Å². The molecule has 0 saturated carbocycles. The summed E-state index contributed by atoms with van der Waals surface area (Å²) in [7, 11) is 1.69. The van der Waals surface area contributed by atoms with Crippen LogP contribution >= 0.6 is 11.6 Å². The maximum atomic E-state index is 13.6. The molecule has 0 unspecified atom stereocenters. The Morgan fingerprint density at radius 2 is 1.85 bits per heavy atom. The Labute approximate surface area is 202 Å². The maximum absolute atomic E-state index is 13.6. The van der Waals surface area contributed by atoms with Gasteiger partial charge in [-0.1, -0.05) is 54.9 Å². The maximum Gasteiger partial charge on any atom is 0.332 e. The topological polar surface area (TPSA) is 65.1 Å². The van der Waals surface area contributed by atoms with Gasteiger partial charge in [0.15, 0.2) is 11.2 Å². The van der Waals surface area contributed by atoms with Crippen molar-refractivity contribution < 1.29 is 0 Å². The Morgan fingerprint density at radius 3 is 2.62 bits per heavy atom. The van der Waals surface area contributed by atoms with Crippen molar-refractivity contribution in [2.45, 2.75) is 39.8 Å². The lowest BCUT2D eigenvalue weighted by molar-refractivity contribution is 0.457. The van der Waals surface area contributed by atoms with Crippen LogP contribution < -0.4 is 16.1 Å². The quantitative estimate of drug-likeness (QED) is 0.430. The molecule has 1 atom stereocenters. The lowest BCUT2D eigenvalue weighted by Gasteiger charge is -2.33. The zero-order chi connectivity index (χ0) is 24.0. The van der Waals surface area contributed by atoms with Gasteiger partial charge in [-0.3, -0.25) is 13.9 Å². The van der Waals surface area contributed by atoms with E-state index in [1.807, 2.05) is 47.9 Å². The fourth-order valence-corrected chi connectivity index (χ4v) is 5.03. The Kier molecular flexibility index (Phi) is 5.81. The van der Waals surface area contributed by atoms with Crippen LogP contribution in [0, 0.1) is 12.8 Å². The number of imidazole rings is 1. The van der Waals surface area contributed by atoms with Gasteiger partial charge in [0.05, 0.1) is 0 Å². The van der Waals surface area contributed by atoms with E-state index in [1.54, 1.807) is 7.05 Å². The summed E-state index contributed by atoms with van der Waals surface area (Å²) in [6, 6.07) is 15.9. The lowest BCUT2D eigenvalue weighted by atomic mass is 10.1. The number of hydrogen-bond acceptors (Lipinski definition) is 4. The minimum atomic E-state index is -0.334. The molecular weight excluding hydrogens is 450 g/mol. The SMILES string of the molecule is Cc1ccc(Cl)cc1N1C[C@@H](C)Cn2c1nc1c2c(=O)n(CCCc2ccccc2)c(=O)n1C. The highest BCUT2D eigenvalue weighted by Crippen LogP contribution is 2.35. The number of anilines is 2. The van der Waals surface area contributed by atoms with Crippen molar-refractivity contribution in [2.75, 3.05) is 11.4 Å². The first-order chi connectivity index (χ1) is 16.3. The summed E-state index contributed by atoms with van der Waals surface area (Å²) in [5, 5.41) is 0.648. The van der Waals surface area contributed by atoms with Gasteiger partial charge < -0.3 is 9.47 Å². The number of halogens is 1. The molecule has 1 aliphatic rings. The molecule has 7 nitrogen and oxygen atoms in total. The summed E-state index contributed by atoms with van der Waals surface area (Å²) in [5.41, 5.74) is 3.52. The van der Waals surface area contributed by atoms with Gasteiger partial charge in [-0.2, -0.15) is 4.98 Å². The number of fused-ring (bicyclic) bond motifs is 3. The number of rotatable bonds is 5. The molecule has 0 aliphatic carbocycles. The Morgan fingerprint density at radius 1 is 1.09 bits per heavy atom. The third-order valence-electron chi connectivity index (χ3n) is 6.59. The fraction of sp³-hybridized carbons (Fsp3) is 0.346. The van der Waals surface area contributed by atoms with Crippen molar-refractivity contribution in [1.82, 2.24) is 18.7 Å². The summed E-state index contributed by atoms with van der Waals surface area (Å²) in [6.45, 7) is 5.97. The highest BCUT2D eigenvalue weighted by atomic mass is 35.5. The molecule has 0 radical (unpaired) electrons. The number of nitrogens with zero attached hydrogens (tertiary/aromatic N) is 5. The molecule has 5 rings (SSSR count). The molecule has 2 aromatic heterocycles. The second-order valence-electron chi connectivity index (χ2n) is 9.23. The molecule has 0 amide bonds. The van der Waals surface area contributed by atoms with Gasteiger partial charge in [-0.25, -0.2) is 4.79 Å². The van der Waals surface area contributed by atoms with Crippen molar-refractivity contribution in [1.29, 1.82) is 0 Å². The highest BCUT2D eigenvalue weighted by Gasteiger charge is 2.30. The second-order valence-corrected chi connectivity index (χ2v) is 9.67. The van der Waals surface area contributed by atoms with Crippen LogP contribution in [0.5, 0.6) is 0 Å². The molecule has 0 saturated heterocycles. The number of aryl methyl sites for hydroxylation is 3. The predicted molar refractivity (Wildman–Crippen MR) is 136 cm³/mol. The third-order valence-corrected chi connectivity index (χ3v) is 6.83. The van der Waals surface area contributed by atoms with Crippen molar-refractivity contribution in [3.8, 4) is 0 Å². The van der Waals surface area contributed by atoms with E-state index >= 15 is 0 Å². The van der Waals surface area contributed by atoms with Crippen molar-refractivity contribution in [3.63, 3.8) is 0 Å². The van der Waals surface area contributed by atoms with E-state index in [2.05, 4.69) is 24.0 Å². The number of hydrogen-bond donors (Lipinski definition) is 0. The summed E-state index contributed by atoms with van der Waals surface area (Å²) in [5.74, 6) is 0.957. The second kappa shape index (κ2) is 8.80. The summed E-state index contributed by atoms with van der Waals surface area (Å²) in [6.07, 6.45) is 1.51. The number of aromatic nitrogens is 4. The summed E-state index contributed by atoms with van der Waals surface area (Å²) >= 11 is 6.31. The fourth-order valence-electron chi connectivity index (χ4n) is 4.86. The van der Waals surface area contributed by atoms with Crippen molar-refractivity contribution in [3.05, 3.63) is 85.5 Å². The molecule has 4 aromatic rings. The van der Waals surface area contributed by atoms with Gasteiger partial charge in [0.25, 0.3) is 5.56 Å². The average Bonchev–Trinajstić information content (AvgIpc) is 3.21. The van der Waals surface area contributed by atoms with E-state index < -0.39 is 0 Å². The number of benzene rings is 2. The highest BCUT2D eigenvalue weighted by molar-refractivity contribution is 6.30. The molecule has 176 valence electrons. The van der Waals surface area contributed by atoms with Crippen LogP contribution in [0.15, 0.2) is 58.1 Å². The van der Waals surface area contributed by atoms with Crippen LogP contribution in [0.4, 0.5) is 11.6 Å². The van der Waals surface area contributed by atoms with E-state index in [0.717, 1.165) is 24.2 Å². The third kappa shape index (κ3) is 3.84. The molecule has 34 heavy (non-hydrogen) atoms. The van der Waals surface area contributed by atoms with Crippen LogP contribution in [0.2, 0.25) is 5.02 Å². The predicted octanol–water partition coefficient (Wildman–Crippen LogP) is 4.28. The Bertz CT molecular complexity index is 1490. The standard InChI is InChI=1S/C26H28ClN5O2/c1-17-15-31(21-14-20(27)12-11-18(21)2)25-28-23-22(32(25)16-17)24(33)30(26(34)29(23)3)13-7-10-19-8-5-4-6-9-19/h4-6,8-9,11-12,14,17H,7,10,13,15-16H2,1-3H3/t17-/m1/s1. The van der Waals surface area contributed by atoms with Gasteiger partial charge in [0, 0.05) is 37.4 Å². The molecule has 0 spiro atoms. The van der Waals surface area contributed by atoms with Crippen LogP contribution in [-0.2, 0) is 26.6 Å². The molecule has 3 heterocycles. The van der Waals surface area contributed by atoms with Gasteiger partial charge in [0.1, 0.15) is 0 Å². The molecule has 0 fully saturated rings. The molecule has 0 bridgehead atoms. The zero-order valence-corrected chi connectivity index (χ0v) is 20.4. The minimum Gasteiger partial charge on any atom is -0.311 e. The molecule has 2 aromatic carbocycles. The van der Waals surface area contributed by atoms with E-state index in [1.165, 1.54) is 14.7 Å². The van der Waals surface area contributed by atoms with Crippen LogP contribution in [0.3, 0.4) is 0 Å². The molecular formula is C26H28ClN5O2. The smallest absolute Gasteiger partial charge is 0.311 e. The Hall–Kier alpha value is -3.32. The molecule has 0 N–H and O–H groups in total. The van der Waals surface area contributed by atoms with E-state index in [4.69, 9.17) is 16.6 Å². The van der Waals surface area contributed by atoms with E-state index in [0.29, 0.717) is 41.6 Å². The lowest BCUT2D eigenvalue weighted by Crippen LogP contribution is -2.40. The molecule has 1 aliphatic heterocycles. The normalized spacial score (nSPS) is 15.6. The van der Waals surface area contributed by atoms with Gasteiger partial charge in [-0.15, -0.1) is 0 Å². The zero-order valence-electron chi connectivity index (χ0n) is 19.7. The first-order valence-electron chi connectivity index (χ1n) is 11.6. The van der Waals surface area contributed by atoms with E-state index in [-0.39, 0.29) is 17.2 Å². The van der Waals surface area contributed by atoms with Crippen molar-refractivity contribution in [2.24, 2.45) is 13.0 Å². The van der Waals surface area contributed by atoms with Crippen LogP contribution in [0.1, 0.15) is 24.5 Å². The average molecular weight is 478 g/mol. The first-order valence-corrected chi connectivity index (χ1v) is 12.0. The molecule has 8 heteroatoms. The Balaban J connectivity index is 1.60. The first kappa shape index (κ1) is 22.5. The van der Waals surface area contributed by atoms with Gasteiger partial charge >= 0.3 is 5.69 Å². The minimum absolute atomic E-state index is 0.276.